The number of aromatic nitrogens is 2. The number of nitrogens with zero attached hydrogens (tertiary/aromatic N) is 2. The van der Waals surface area contributed by atoms with Crippen LogP contribution in [0.1, 0.15) is 18.2 Å². The summed E-state index contributed by atoms with van der Waals surface area (Å²) in [5.74, 6) is 0.197. The van der Waals surface area contributed by atoms with Gasteiger partial charge in [0.15, 0.2) is 5.82 Å². The van der Waals surface area contributed by atoms with Crippen LogP contribution in [-0.2, 0) is 16.4 Å². The summed E-state index contributed by atoms with van der Waals surface area (Å²) in [6.45, 7) is 1.92. The zero-order chi connectivity index (χ0) is 14.8. The molecule has 0 fully saturated rings. The molecule has 0 aliphatic carbocycles. The fraction of sp³-hybridized carbons (Fsp3) is 0.167. The van der Waals surface area contributed by atoms with Gasteiger partial charge in [-0.3, -0.25) is 9.82 Å². The van der Waals surface area contributed by atoms with E-state index >= 15 is 0 Å². The van der Waals surface area contributed by atoms with Crippen LogP contribution in [0.15, 0.2) is 29.2 Å². The number of halogens is 1. The van der Waals surface area contributed by atoms with Gasteiger partial charge in [-0.15, -0.1) is 0 Å². The van der Waals surface area contributed by atoms with Crippen molar-refractivity contribution >= 4 is 27.4 Å². The summed E-state index contributed by atoms with van der Waals surface area (Å²) in [5.41, 5.74) is 1.11. The van der Waals surface area contributed by atoms with E-state index in [0.29, 0.717) is 12.0 Å². The quantitative estimate of drug-likeness (QED) is 0.905. The van der Waals surface area contributed by atoms with Gasteiger partial charge < -0.3 is 0 Å². The van der Waals surface area contributed by atoms with Crippen molar-refractivity contribution in [1.29, 1.82) is 5.26 Å². The number of hydrogen-bond donors (Lipinski definition) is 2. The molecule has 0 saturated heterocycles. The minimum atomic E-state index is -3.84. The van der Waals surface area contributed by atoms with E-state index in [-0.39, 0.29) is 15.7 Å². The number of rotatable bonds is 4. The molecule has 104 valence electrons. The SMILES string of the molecule is CCc1cc(NS(=O)(=O)c2ccc(C#N)cc2Cl)n[nH]1. The van der Waals surface area contributed by atoms with E-state index in [1.165, 1.54) is 18.2 Å². The summed E-state index contributed by atoms with van der Waals surface area (Å²) in [6.07, 6.45) is 0.715. The Morgan fingerprint density at radius 3 is 2.75 bits per heavy atom. The minimum absolute atomic E-state index is 0.0113. The number of nitrogens with one attached hydrogen (secondary N) is 2. The summed E-state index contributed by atoms with van der Waals surface area (Å²) in [6, 6.07) is 7.48. The Kier molecular flexibility index (Phi) is 3.97. The Labute approximate surface area is 121 Å². The molecular formula is C12H11ClN4O2S. The van der Waals surface area contributed by atoms with E-state index in [4.69, 9.17) is 16.9 Å². The van der Waals surface area contributed by atoms with E-state index < -0.39 is 10.0 Å². The second kappa shape index (κ2) is 5.53. The molecule has 2 rings (SSSR count). The molecule has 1 aromatic heterocycles. The van der Waals surface area contributed by atoms with Crippen molar-refractivity contribution in [2.75, 3.05) is 4.72 Å². The number of hydrogen-bond acceptors (Lipinski definition) is 4. The first-order valence-corrected chi connectivity index (χ1v) is 7.59. The first-order chi connectivity index (χ1) is 9.46. The summed E-state index contributed by atoms with van der Waals surface area (Å²) in [4.78, 5) is -0.0979. The monoisotopic (exact) mass is 310 g/mol. The first-order valence-electron chi connectivity index (χ1n) is 5.73. The maximum Gasteiger partial charge on any atom is 0.264 e. The van der Waals surface area contributed by atoms with E-state index in [1.807, 2.05) is 13.0 Å². The Bertz CT molecular complexity index is 777. The molecule has 1 heterocycles. The van der Waals surface area contributed by atoms with Gasteiger partial charge >= 0.3 is 0 Å². The number of aryl methyl sites for hydroxylation is 1. The lowest BCUT2D eigenvalue weighted by molar-refractivity contribution is 0.601. The number of anilines is 1. The minimum Gasteiger partial charge on any atom is -0.280 e. The third kappa shape index (κ3) is 2.92. The average molecular weight is 311 g/mol. The van der Waals surface area contributed by atoms with Crippen molar-refractivity contribution in [2.45, 2.75) is 18.2 Å². The van der Waals surface area contributed by atoms with E-state index in [9.17, 15) is 8.42 Å². The van der Waals surface area contributed by atoms with Gasteiger partial charge in [0.25, 0.3) is 10.0 Å². The third-order valence-corrected chi connectivity index (χ3v) is 4.44. The molecule has 0 saturated carbocycles. The molecule has 20 heavy (non-hydrogen) atoms. The zero-order valence-corrected chi connectivity index (χ0v) is 12.1. The van der Waals surface area contributed by atoms with Crippen LogP contribution < -0.4 is 4.72 Å². The van der Waals surface area contributed by atoms with Crippen LogP contribution in [0, 0.1) is 11.3 Å². The molecule has 1 aromatic carbocycles. The lowest BCUT2D eigenvalue weighted by Gasteiger charge is -2.07. The number of nitriles is 1. The molecule has 0 spiro atoms. The van der Waals surface area contributed by atoms with Crippen molar-refractivity contribution in [1.82, 2.24) is 10.2 Å². The van der Waals surface area contributed by atoms with Crippen molar-refractivity contribution in [3.8, 4) is 6.07 Å². The molecule has 0 unspecified atom stereocenters. The van der Waals surface area contributed by atoms with Gasteiger partial charge in [0, 0.05) is 11.8 Å². The second-order valence-corrected chi connectivity index (χ2v) is 6.05. The number of H-pyrrole nitrogens is 1. The largest absolute Gasteiger partial charge is 0.280 e. The number of aromatic amines is 1. The maximum atomic E-state index is 12.2. The Hall–Kier alpha value is -2.04. The highest BCUT2D eigenvalue weighted by Gasteiger charge is 2.19. The predicted octanol–water partition coefficient (Wildman–Crippen LogP) is 2.30. The molecule has 0 bridgehead atoms. The van der Waals surface area contributed by atoms with Crippen LogP contribution in [0.3, 0.4) is 0 Å². The fourth-order valence-corrected chi connectivity index (χ4v) is 3.11. The van der Waals surface area contributed by atoms with Gasteiger partial charge in [-0.25, -0.2) is 8.42 Å². The molecule has 0 radical (unpaired) electrons. The molecule has 6 nitrogen and oxygen atoms in total. The summed E-state index contributed by atoms with van der Waals surface area (Å²) < 4.78 is 26.7. The van der Waals surface area contributed by atoms with Crippen LogP contribution in [0.25, 0.3) is 0 Å². The van der Waals surface area contributed by atoms with Gasteiger partial charge in [0.1, 0.15) is 4.90 Å². The average Bonchev–Trinajstić information content (AvgIpc) is 2.85. The van der Waals surface area contributed by atoms with Gasteiger partial charge in [-0.05, 0) is 24.6 Å². The fourth-order valence-electron chi connectivity index (χ4n) is 1.58. The maximum absolute atomic E-state index is 12.2. The zero-order valence-electron chi connectivity index (χ0n) is 10.5. The summed E-state index contributed by atoms with van der Waals surface area (Å²) in [7, 11) is -3.84. The van der Waals surface area contributed by atoms with Crippen molar-refractivity contribution in [3.63, 3.8) is 0 Å². The van der Waals surface area contributed by atoms with Gasteiger partial charge in [-0.2, -0.15) is 10.4 Å². The first kappa shape index (κ1) is 14.4. The Morgan fingerprint density at radius 1 is 1.45 bits per heavy atom. The molecule has 0 aliphatic heterocycles. The van der Waals surface area contributed by atoms with Gasteiger partial charge in [0.05, 0.1) is 16.7 Å². The normalized spacial score (nSPS) is 11.1. The van der Waals surface area contributed by atoms with Crippen LogP contribution in [-0.4, -0.2) is 18.6 Å². The highest BCUT2D eigenvalue weighted by atomic mass is 35.5. The standard InChI is InChI=1S/C12H11ClN4O2S/c1-2-9-6-12(16-15-9)17-20(18,19)11-4-3-8(7-14)5-10(11)13/h3-6H,2H2,1H3,(H2,15,16,17). The van der Waals surface area contributed by atoms with Crippen molar-refractivity contribution in [3.05, 3.63) is 40.5 Å². The van der Waals surface area contributed by atoms with Gasteiger partial charge in [0.2, 0.25) is 0 Å². The van der Waals surface area contributed by atoms with Crippen LogP contribution in [0.4, 0.5) is 5.82 Å². The van der Waals surface area contributed by atoms with Crippen molar-refractivity contribution < 1.29 is 8.42 Å². The highest BCUT2D eigenvalue weighted by molar-refractivity contribution is 7.92. The lowest BCUT2D eigenvalue weighted by atomic mass is 10.2. The summed E-state index contributed by atoms with van der Waals surface area (Å²) >= 11 is 5.89. The van der Waals surface area contributed by atoms with Gasteiger partial charge in [-0.1, -0.05) is 18.5 Å². The molecule has 0 atom stereocenters. The Morgan fingerprint density at radius 2 is 2.20 bits per heavy atom. The second-order valence-electron chi connectivity index (χ2n) is 3.99. The molecule has 2 aromatic rings. The molecule has 0 amide bonds. The number of benzene rings is 1. The van der Waals surface area contributed by atoms with E-state index in [0.717, 1.165) is 5.69 Å². The highest BCUT2D eigenvalue weighted by Crippen LogP contribution is 2.24. The molecular weight excluding hydrogens is 300 g/mol. The lowest BCUT2D eigenvalue weighted by Crippen LogP contribution is -2.13. The topological polar surface area (TPSA) is 98.6 Å². The number of sulfonamides is 1. The summed E-state index contributed by atoms with van der Waals surface area (Å²) in [5, 5.41) is 15.3. The third-order valence-electron chi connectivity index (χ3n) is 2.60. The van der Waals surface area contributed by atoms with E-state index in [1.54, 1.807) is 6.07 Å². The van der Waals surface area contributed by atoms with Crippen LogP contribution >= 0.6 is 11.6 Å². The van der Waals surface area contributed by atoms with Crippen molar-refractivity contribution in [2.24, 2.45) is 0 Å². The molecule has 0 aliphatic rings. The smallest absolute Gasteiger partial charge is 0.264 e. The Balaban J connectivity index is 2.33. The molecule has 2 N–H and O–H groups in total. The predicted molar refractivity (Wildman–Crippen MR) is 74.9 cm³/mol. The van der Waals surface area contributed by atoms with Crippen LogP contribution in [0.5, 0.6) is 0 Å². The van der Waals surface area contributed by atoms with Crippen LogP contribution in [0.2, 0.25) is 5.02 Å². The molecule has 8 heteroatoms. The van der Waals surface area contributed by atoms with E-state index in [2.05, 4.69) is 14.9 Å².